The van der Waals surface area contributed by atoms with Crippen molar-refractivity contribution in [2.75, 3.05) is 7.05 Å². The third-order valence-corrected chi connectivity index (χ3v) is 3.46. The Hall–Kier alpha value is -1.55. The van der Waals surface area contributed by atoms with Crippen molar-refractivity contribution in [3.63, 3.8) is 0 Å². The summed E-state index contributed by atoms with van der Waals surface area (Å²) in [5.74, 6) is -2.26. The average molecular weight is 253 g/mol. The lowest BCUT2D eigenvalue weighted by atomic mass is 9.94. The van der Waals surface area contributed by atoms with Gasteiger partial charge in [0.25, 0.3) is 0 Å². The monoisotopic (exact) mass is 252 g/mol. The molecule has 1 aliphatic rings. The third-order valence-electron chi connectivity index (χ3n) is 3.11. The van der Waals surface area contributed by atoms with Crippen LogP contribution < -0.4 is 5.11 Å². The quantitative estimate of drug-likeness (QED) is 0.775. The fourth-order valence-electron chi connectivity index (χ4n) is 2.22. The van der Waals surface area contributed by atoms with Crippen molar-refractivity contribution >= 4 is 23.5 Å². The normalized spacial score (nSPS) is 24.1. The van der Waals surface area contributed by atoms with Gasteiger partial charge in [-0.15, -0.1) is 0 Å². The second-order valence-electron chi connectivity index (χ2n) is 4.10. The van der Waals surface area contributed by atoms with Gasteiger partial charge in [0.2, 0.25) is 5.91 Å². The van der Waals surface area contributed by atoms with Gasteiger partial charge >= 0.3 is 0 Å². The molecule has 2 atom stereocenters. The number of rotatable bonds is 2. The summed E-state index contributed by atoms with van der Waals surface area (Å²) in [7, 11) is 1.58. The van der Waals surface area contributed by atoms with Crippen molar-refractivity contribution in [1.82, 2.24) is 4.90 Å². The molecule has 0 unspecified atom stereocenters. The molecular weight excluding hydrogens is 242 g/mol. The minimum atomic E-state index is -1.22. The largest absolute Gasteiger partial charge is 0.550 e. The second kappa shape index (κ2) is 4.37. The van der Waals surface area contributed by atoms with Crippen molar-refractivity contribution in [3.05, 3.63) is 34.9 Å². The summed E-state index contributed by atoms with van der Waals surface area (Å²) in [6, 6.07) is 6.40. The minimum Gasteiger partial charge on any atom is -0.550 e. The van der Waals surface area contributed by atoms with Crippen LogP contribution in [0.2, 0.25) is 5.02 Å². The number of carbonyl (C=O) groups is 2. The summed E-state index contributed by atoms with van der Waals surface area (Å²) in [5, 5.41) is 11.5. The highest BCUT2D eigenvalue weighted by atomic mass is 35.5. The number of hydrogen-bond acceptors (Lipinski definition) is 3. The number of amides is 1. The molecule has 1 amide bonds. The van der Waals surface area contributed by atoms with E-state index in [4.69, 9.17) is 11.6 Å². The van der Waals surface area contributed by atoms with Gasteiger partial charge in [0.15, 0.2) is 0 Å². The summed E-state index contributed by atoms with van der Waals surface area (Å²) in [4.78, 5) is 24.0. The van der Waals surface area contributed by atoms with Crippen molar-refractivity contribution in [3.8, 4) is 0 Å². The van der Waals surface area contributed by atoms with Gasteiger partial charge in [0.1, 0.15) is 0 Å². The molecule has 1 fully saturated rings. The first-order valence-corrected chi connectivity index (χ1v) is 5.61. The molecule has 0 radical (unpaired) electrons. The van der Waals surface area contributed by atoms with Crippen LogP contribution in [0.3, 0.4) is 0 Å². The van der Waals surface area contributed by atoms with Gasteiger partial charge in [0.05, 0.1) is 6.04 Å². The first kappa shape index (κ1) is 11.9. The molecule has 0 saturated carbocycles. The Morgan fingerprint density at radius 1 is 1.47 bits per heavy atom. The number of nitrogens with zero attached hydrogens (tertiary/aromatic N) is 1. The molecule has 5 heteroatoms. The number of carbonyl (C=O) groups excluding carboxylic acids is 2. The van der Waals surface area contributed by atoms with E-state index in [0.717, 1.165) is 0 Å². The van der Waals surface area contributed by atoms with Gasteiger partial charge in [-0.05, 0) is 11.6 Å². The zero-order chi connectivity index (χ0) is 12.6. The van der Waals surface area contributed by atoms with Gasteiger partial charge in [-0.2, -0.15) is 0 Å². The maximum absolute atomic E-state index is 11.6. The first-order chi connectivity index (χ1) is 8.02. The smallest absolute Gasteiger partial charge is 0.223 e. The van der Waals surface area contributed by atoms with E-state index in [9.17, 15) is 14.7 Å². The molecule has 17 heavy (non-hydrogen) atoms. The SMILES string of the molecule is CN1C(=O)C[C@@H](C(=O)[O-])[C@@H]1c1ccccc1Cl. The molecule has 1 aliphatic heterocycles. The maximum atomic E-state index is 11.6. The number of halogens is 1. The number of benzene rings is 1. The molecule has 2 rings (SSSR count). The Labute approximate surface area is 104 Å². The van der Waals surface area contributed by atoms with Gasteiger partial charge in [-0.3, -0.25) is 4.79 Å². The predicted octanol–water partition coefficient (Wildman–Crippen LogP) is 0.609. The van der Waals surface area contributed by atoms with Crippen LogP contribution >= 0.6 is 11.6 Å². The second-order valence-corrected chi connectivity index (χ2v) is 4.51. The zero-order valence-electron chi connectivity index (χ0n) is 9.22. The number of carboxylic acid groups (broad SMARTS) is 1. The topological polar surface area (TPSA) is 60.4 Å². The minimum absolute atomic E-state index is 0.0330. The summed E-state index contributed by atoms with van der Waals surface area (Å²) in [6.07, 6.45) is -0.0330. The lowest BCUT2D eigenvalue weighted by Gasteiger charge is -2.26. The van der Waals surface area contributed by atoms with Crippen LogP contribution in [0.4, 0.5) is 0 Å². The van der Waals surface area contributed by atoms with Crippen LogP contribution in [0.5, 0.6) is 0 Å². The summed E-state index contributed by atoms with van der Waals surface area (Å²) in [6.45, 7) is 0. The van der Waals surface area contributed by atoms with Crippen LogP contribution in [-0.2, 0) is 9.59 Å². The predicted molar refractivity (Wildman–Crippen MR) is 60.1 cm³/mol. The van der Waals surface area contributed by atoms with Gasteiger partial charge < -0.3 is 14.8 Å². The number of likely N-dealkylation sites (tertiary alicyclic amines) is 1. The fourth-order valence-corrected chi connectivity index (χ4v) is 2.47. The van der Waals surface area contributed by atoms with Crippen molar-refractivity contribution in [1.29, 1.82) is 0 Å². The van der Waals surface area contributed by atoms with E-state index >= 15 is 0 Å². The third kappa shape index (κ3) is 2.00. The van der Waals surface area contributed by atoms with E-state index in [1.807, 2.05) is 0 Å². The molecular formula is C12H11ClNO3-. The van der Waals surface area contributed by atoms with E-state index in [2.05, 4.69) is 0 Å². The molecule has 1 heterocycles. The molecule has 0 bridgehead atoms. The summed E-state index contributed by atoms with van der Waals surface area (Å²) < 4.78 is 0. The Morgan fingerprint density at radius 3 is 2.71 bits per heavy atom. The van der Waals surface area contributed by atoms with Gasteiger partial charge in [-0.25, -0.2) is 0 Å². The summed E-state index contributed by atoms with van der Waals surface area (Å²) in [5.41, 5.74) is 0.650. The summed E-state index contributed by atoms with van der Waals surface area (Å²) >= 11 is 6.04. The van der Waals surface area contributed by atoms with Crippen molar-refractivity contribution in [2.24, 2.45) is 5.92 Å². The molecule has 0 spiro atoms. The average Bonchev–Trinajstić information content (AvgIpc) is 2.57. The van der Waals surface area contributed by atoms with Gasteiger partial charge in [0, 0.05) is 30.4 Å². The van der Waals surface area contributed by atoms with Crippen LogP contribution in [0.25, 0.3) is 0 Å². The van der Waals surface area contributed by atoms with Gasteiger partial charge in [-0.1, -0.05) is 29.8 Å². The lowest BCUT2D eigenvalue weighted by Crippen LogP contribution is -2.35. The van der Waals surface area contributed by atoms with E-state index in [1.165, 1.54) is 4.90 Å². The molecule has 1 aromatic carbocycles. The van der Waals surface area contributed by atoms with Crippen LogP contribution in [-0.4, -0.2) is 23.8 Å². The molecule has 1 saturated heterocycles. The standard InChI is InChI=1S/C12H12ClNO3/c1-14-10(15)6-8(12(16)17)11(14)7-4-2-3-5-9(7)13/h2-5,8,11H,6H2,1H3,(H,16,17)/p-1/t8-,11+/m1/s1. The molecule has 90 valence electrons. The van der Waals surface area contributed by atoms with E-state index < -0.39 is 17.9 Å². The van der Waals surface area contributed by atoms with Crippen molar-refractivity contribution < 1.29 is 14.7 Å². The Balaban J connectivity index is 2.44. The lowest BCUT2D eigenvalue weighted by molar-refractivity contribution is -0.312. The number of aliphatic carboxylic acids is 1. The number of hydrogen-bond donors (Lipinski definition) is 0. The van der Waals surface area contributed by atoms with Crippen molar-refractivity contribution in [2.45, 2.75) is 12.5 Å². The number of carboxylic acids is 1. The highest BCUT2D eigenvalue weighted by Crippen LogP contribution is 2.39. The Morgan fingerprint density at radius 2 is 2.12 bits per heavy atom. The molecule has 0 aromatic heterocycles. The first-order valence-electron chi connectivity index (χ1n) is 5.23. The fraction of sp³-hybridized carbons (Fsp3) is 0.333. The Bertz CT molecular complexity index is 475. The maximum Gasteiger partial charge on any atom is 0.223 e. The van der Waals surface area contributed by atoms with E-state index in [1.54, 1.807) is 31.3 Å². The van der Waals surface area contributed by atoms with Crippen LogP contribution in [0.1, 0.15) is 18.0 Å². The van der Waals surface area contributed by atoms with E-state index in [-0.39, 0.29) is 12.3 Å². The Kier molecular flexibility index (Phi) is 3.07. The molecule has 0 aliphatic carbocycles. The highest BCUT2D eigenvalue weighted by Gasteiger charge is 2.39. The van der Waals surface area contributed by atoms with E-state index in [0.29, 0.717) is 10.6 Å². The zero-order valence-corrected chi connectivity index (χ0v) is 9.98. The molecule has 0 N–H and O–H groups in total. The van der Waals surface area contributed by atoms with Crippen LogP contribution in [0.15, 0.2) is 24.3 Å². The highest BCUT2D eigenvalue weighted by molar-refractivity contribution is 6.31. The molecule has 4 nitrogen and oxygen atoms in total. The van der Waals surface area contributed by atoms with Crippen LogP contribution in [0, 0.1) is 5.92 Å². The molecule has 1 aromatic rings.